The first-order chi connectivity index (χ1) is 9.04. The molecule has 1 aliphatic heterocycles. The second-order valence-electron chi connectivity index (χ2n) is 4.28. The summed E-state index contributed by atoms with van der Waals surface area (Å²) < 4.78 is 5.36. The number of carbonyl (C=O) groups is 2. The Balaban J connectivity index is 2.18. The fraction of sp³-hybridized carbons (Fsp3) is 0.500. The molecule has 1 fully saturated rings. The Morgan fingerprint density at radius 2 is 2.21 bits per heavy atom. The van der Waals surface area contributed by atoms with E-state index in [2.05, 4.69) is 15.3 Å². The van der Waals surface area contributed by atoms with Gasteiger partial charge in [-0.3, -0.25) is 14.5 Å². The zero-order chi connectivity index (χ0) is 14.0. The van der Waals surface area contributed by atoms with E-state index in [4.69, 9.17) is 4.74 Å². The lowest BCUT2D eigenvalue weighted by Gasteiger charge is -2.14. The number of imide groups is 1. The molecule has 1 N–H and O–H groups in total. The van der Waals surface area contributed by atoms with Gasteiger partial charge in [0, 0.05) is 7.05 Å². The molecule has 1 aliphatic rings. The summed E-state index contributed by atoms with van der Waals surface area (Å²) in [6, 6.07) is -0.569. The van der Waals surface area contributed by atoms with Crippen LogP contribution >= 0.6 is 0 Å². The van der Waals surface area contributed by atoms with Gasteiger partial charge in [-0.05, 0) is 13.8 Å². The zero-order valence-corrected chi connectivity index (χ0v) is 11.1. The van der Waals surface area contributed by atoms with Crippen molar-refractivity contribution in [2.75, 3.05) is 19.0 Å². The highest BCUT2D eigenvalue weighted by molar-refractivity contribution is 6.06. The van der Waals surface area contributed by atoms with Gasteiger partial charge >= 0.3 is 0 Å². The smallest absolute Gasteiger partial charge is 0.251 e. The third-order valence-electron chi connectivity index (χ3n) is 3.01. The number of anilines is 1. The fourth-order valence-electron chi connectivity index (χ4n) is 1.90. The van der Waals surface area contributed by atoms with E-state index in [-0.39, 0.29) is 18.2 Å². The Labute approximate surface area is 111 Å². The van der Waals surface area contributed by atoms with Crippen molar-refractivity contribution < 1.29 is 14.3 Å². The molecule has 2 amide bonds. The number of rotatable bonds is 4. The molecule has 1 saturated heterocycles. The molecule has 0 radical (unpaired) electrons. The number of amides is 2. The van der Waals surface area contributed by atoms with Crippen molar-refractivity contribution >= 4 is 17.6 Å². The van der Waals surface area contributed by atoms with Gasteiger partial charge in [0.2, 0.25) is 11.8 Å². The van der Waals surface area contributed by atoms with Gasteiger partial charge in [0.1, 0.15) is 18.2 Å². The molecule has 0 spiro atoms. The predicted molar refractivity (Wildman–Crippen MR) is 67.7 cm³/mol. The first kappa shape index (κ1) is 13.3. The van der Waals surface area contributed by atoms with E-state index >= 15 is 0 Å². The van der Waals surface area contributed by atoms with E-state index in [9.17, 15) is 9.59 Å². The molecule has 1 aromatic rings. The van der Waals surface area contributed by atoms with Crippen LogP contribution in [-0.4, -0.2) is 46.4 Å². The highest BCUT2D eigenvalue weighted by Gasteiger charge is 2.36. The monoisotopic (exact) mass is 264 g/mol. The second-order valence-corrected chi connectivity index (χ2v) is 4.28. The summed E-state index contributed by atoms with van der Waals surface area (Å²) in [5.74, 6) is 0.547. The fourth-order valence-corrected chi connectivity index (χ4v) is 1.90. The summed E-state index contributed by atoms with van der Waals surface area (Å²) >= 11 is 0. The Morgan fingerprint density at radius 1 is 1.47 bits per heavy atom. The van der Waals surface area contributed by atoms with Crippen molar-refractivity contribution in [2.24, 2.45) is 0 Å². The molecule has 7 nitrogen and oxygen atoms in total. The predicted octanol–water partition coefficient (Wildman–Crippen LogP) is 0.353. The van der Waals surface area contributed by atoms with Crippen molar-refractivity contribution in [1.29, 1.82) is 0 Å². The summed E-state index contributed by atoms with van der Waals surface area (Å²) in [5, 5.41) is 2.98. The highest BCUT2D eigenvalue weighted by atomic mass is 16.5. The SMILES string of the molecule is CCOc1ncnc(NC2CC(=O)N(C)C2=O)c1C. The Hall–Kier alpha value is -2.18. The normalized spacial score (nSPS) is 18.9. The van der Waals surface area contributed by atoms with Gasteiger partial charge in [0.25, 0.3) is 5.91 Å². The molecule has 2 heterocycles. The number of nitrogens with zero attached hydrogens (tertiary/aromatic N) is 3. The standard InChI is InChI=1S/C12H16N4O3/c1-4-19-11-7(2)10(13-6-14-11)15-8-5-9(17)16(3)12(8)18/h6,8H,4-5H2,1-3H3,(H,13,14,15). The maximum Gasteiger partial charge on any atom is 0.251 e. The second kappa shape index (κ2) is 5.21. The Kier molecular flexibility index (Phi) is 3.64. The van der Waals surface area contributed by atoms with E-state index in [0.29, 0.717) is 18.3 Å². The molecule has 0 saturated carbocycles. The van der Waals surface area contributed by atoms with Crippen molar-refractivity contribution in [3.63, 3.8) is 0 Å². The summed E-state index contributed by atoms with van der Waals surface area (Å²) in [7, 11) is 1.48. The van der Waals surface area contributed by atoms with Gasteiger partial charge in [-0.25, -0.2) is 9.97 Å². The molecule has 1 unspecified atom stereocenters. The lowest BCUT2D eigenvalue weighted by atomic mass is 10.2. The van der Waals surface area contributed by atoms with Crippen LogP contribution in [0.5, 0.6) is 5.88 Å². The molecular weight excluding hydrogens is 248 g/mol. The molecule has 2 rings (SSSR count). The maximum atomic E-state index is 11.8. The molecule has 0 aromatic carbocycles. The lowest BCUT2D eigenvalue weighted by Crippen LogP contribution is -2.32. The van der Waals surface area contributed by atoms with Gasteiger partial charge < -0.3 is 10.1 Å². The summed E-state index contributed by atoms with van der Waals surface area (Å²) in [4.78, 5) is 32.5. The minimum Gasteiger partial charge on any atom is -0.478 e. The number of likely N-dealkylation sites (tertiary alicyclic amines) is 1. The largest absolute Gasteiger partial charge is 0.478 e. The van der Waals surface area contributed by atoms with Gasteiger partial charge in [0.15, 0.2) is 0 Å². The van der Waals surface area contributed by atoms with Crippen LogP contribution in [0.4, 0.5) is 5.82 Å². The highest BCUT2D eigenvalue weighted by Crippen LogP contribution is 2.23. The van der Waals surface area contributed by atoms with Crippen LogP contribution in [-0.2, 0) is 9.59 Å². The lowest BCUT2D eigenvalue weighted by molar-refractivity contribution is -0.136. The third kappa shape index (κ3) is 2.49. The summed E-state index contributed by atoms with van der Waals surface area (Å²) in [5.41, 5.74) is 0.721. The number of likely N-dealkylation sites (N-methyl/N-ethyl adjacent to an activating group) is 1. The van der Waals surface area contributed by atoms with Gasteiger partial charge in [-0.15, -0.1) is 0 Å². The topological polar surface area (TPSA) is 84.4 Å². The number of ether oxygens (including phenoxy) is 1. The van der Waals surface area contributed by atoms with Crippen molar-refractivity contribution in [1.82, 2.24) is 14.9 Å². The number of nitrogens with one attached hydrogen (secondary N) is 1. The van der Waals surface area contributed by atoms with E-state index in [1.54, 1.807) is 6.92 Å². The van der Waals surface area contributed by atoms with Crippen LogP contribution in [0.3, 0.4) is 0 Å². The molecule has 19 heavy (non-hydrogen) atoms. The van der Waals surface area contributed by atoms with Crippen molar-refractivity contribution in [3.05, 3.63) is 11.9 Å². The van der Waals surface area contributed by atoms with Gasteiger partial charge in [-0.2, -0.15) is 0 Å². The van der Waals surface area contributed by atoms with Crippen LogP contribution in [0, 0.1) is 6.92 Å². The molecule has 102 valence electrons. The number of aromatic nitrogens is 2. The molecule has 1 aromatic heterocycles. The average molecular weight is 264 g/mol. The number of carbonyl (C=O) groups excluding carboxylic acids is 2. The summed E-state index contributed by atoms with van der Waals surface area (Å²) in [6.07, 6.45) is 1.51. The van der Waals surface area contributed by atoms with Crippen molar-refractivity contribution in [2.45, 2.75) is 26.3 Å². The molecule has 0 bridgehead atoms. The first-order valence-electron chi connectivity index (χ1n) is 6.06. The quantitative estimate of drug-likeness (QED) is 0.790. The van der Waals surface area contributed by atoms with E-state index in [0.717, 1.165) is 10.5 Å². The molecule has 0 aliphatic carbocycles. The number of hydrogen-bond acceptors (Lipinski definition) is 6. The summed E-state index contributed by atoms with van der Waals surface area (Å²) in [6.45, 7) is 4.17. The van der Waals surface area contributed by atoms with Gasteiger partial charge in [-0.1, -0.05) is 0 Å². The van der Waals surface area contributed by atoms with Gasteiger partial charge in [0.05, 0.1) is 18.6 Å². The zero-order valence-electron chi connectivity index (χ0n) is 11.1. The van der Waals surface area contributed by atoms with Crippen LogP contribution in [0.1, 0.15) is 18.9 Å². The molecular formula is C12H16N4O3. The van der Waals surface area contributed by atoms with Crippen LogP contribution in [0.2, 0.25) is 0 Å². The average Bonchev–Trinajstić information content (AvgIpc) is 2.62. The maximum absolute atomic E-state index is 11.8. The molecule has 7 heteroatoms. The van der Waals surface area contributed by atoms with Crippen LogP contribution in [0.25, 0.3) is 0 Å². The third-order valence-corrected chi connectivity index (χ3v) is 3.01. The minimum absolute atomic E-state index is 0.142. The van der Waals surface area contributed by atoms with E-state index < -0.39 is 6.04 Å². The Morgan fingerprint density at radius 3 is 2.79 bits per heavy atom. The van der Waals surface area contributed by atoms with Crippen LogP contribution < -0.4 is 10.1 Å². The van der Waals surface area contributed by atoms with Crippen LogP contribution in [0.15, 0.2) is 6.33 Å². The first-order valence-corrected chi connectivity index (χ1v) is 6.06. The Bertz CT molecular complexity index is 518. The van der Waals surface area contributed by atoms with E-state index in [1.807, 2.05) is 6.92 Å². The number of hydrogen-bond donors (Lipinski definition) is 1. The van der Waals surface area contributed by atoms with Crippen molar-refractivity contribution in [3.8, 4) is 5.88 Å². The van der Waals surface area contributed by atoms with E-state index in [1.165, 1.54) is 13.4 Å². The minimum atomic E-state index is -0.569. The molecule has 1 atom stereocenters.